The van der Waals surface area contributed by atoms with Crippen molar-refractivity contribution in [3.8, 4) is 11.1 Å². The molecule has 2 aromatic heterocycles. The molecule has 5 rings (SSSR count). The minimum absolute atomic E-state index is 0.0713. The standard InChI is InChI=1S/C36H44N8O9S2/c1-2-52-21-22-53-20-4-16-42-54(48,49)30-10-5-26(6-11-30)27-7-12-31(13-8-27)55(50,51)43-32(35(46)47)25-40-34(45)28-9-14-33-29(23-28)24-41-44(33)19-3-15-37-36-38-17-18-39-36/h5-14,17-18,23-24,32,42-43H,2-4,15-16,19-22,25H2,1H3,(H,40,45)(H,46,47)(H2,37,38,39)/t32-/m0/s1. The lowest BCUT2D eigenvalue weighted by molar-refractivity contribution is -0.138. The molecule has 0 bridgehead atoms. The highest BCUT2D eigenvalue weighted by molar-refractivity contribution is 7.89. The zero-order valence-electron chi connectivity index (χ0n) is 30.1. The maximum Gasteiger partial charge on any atom is 0.323 e. The molecule has 19 heteroatoms. The van der Waals surface area contributed by atoms with Crippen LogP contribution in [0, 0.1) is 0 Å². The van der Waals surface area contributed by atoms with E-state index in [-0.39, 0.29) is 21.9 Å². The van der Waals surface area contributed by atoms with Crippen molar-refractivity contribution in [1.29, 1.82) is 0 Å². The Morgan fingerprint density at radius 2 is 1.56 bits per heavy atom. The van der Waals surface area contributed by atoms with Gasteiger partial charge in [-0.05, 0) is 73.4 Å². The normalized spacial score (nSPS) is 12.5. The third-order valence-corrected chi connectivity index (χ3v) is 11.3. The molecular weight excluding hydrogens is 753 g/mol. The number of H-pyrrole nitrogens is 1. The Balaban J connectivity index is 1.11. The van der Waals surface area contributed by atoms with Gasteiger partial charge in [0.15, 0.2) is 5.95 Å². The second-order valence-corrected chi connectivity index (χ2v) is 15.7. The molecule has 294 valence electrons. The van der Waals surface area contributed by atoms with Crippen molar-refractivity contribution >= 4 is 48.8 Å². The molecule has 0 radical (unpaired) electrons. The molecule has 0 aliphatic rings. The molecule has 1 amide bonds. The van der Waals surface area contributed by atoms with E-state index in [2.05, 4.69) is 35.1 Å². The highest BCUT2D eigenvalue weighted by atomic mass is 32.2. The first kappa shape index (κ1) is 41.0. The number of carbonyl (C=O) groups is 2. The van der Waals surface area contributed by atoms with Crippen molar-refractivity contribution < 1.29 is 41.0 Å². The predicted molar refractivity (Wildman–Crippen MR) is 205 cm³/mol. The number of fused-ring (bicyclic) bond motifs is 1. The summed E-state index contributed by atoms with van der Waals surface area (Å²) in [7, 11) is -8.06. The highest BCUT2D eigenvalue weighted by Crippen LogP contribution is 2.23. The number of aryl methyl sites for hydroxylation is 1. The van der Waals surface area contributed by atoms with Gasteiger partial charge in [-0.2, -0.15) is 9.82 Å². The zero-order chi connectivity index (χ0) is 39.3. The fraction of sp³-hybridized carbons (Fsp3) is 0.333. The van der Waals surface area contributed by atoms with Crippen LogP contribution >= 0.6 is 0 Å². The van der Waals surface area contributed by atoms with Gasteiger partial charge in [0.25, 0.3) is 5.91 Å². The summed E-state index contributed by atoms with van der Waals surface area (Å²) in [5, 5.41) is 20.6. The highest BCUT2D eigenvalue weighted by Gasteiger charge is 2.26. The van der Waals surface area contributed by atoms with Gasteiger partial charge in [0.2, 0.25) is 20.0 Å². The van der Waals surface area contributed by atoms with Crippen LogP contribution in [-0.2, 0) is 40.9 Å². The average molecular weight is 797 g/mol. The molecular formula is C36H44N8O9S2. The fourth-order valence-electron chi connectivity index (χ4n) is 5.42. The number of nitrogens with one attached hydrogen (secondary N) is 5. The van der Waals surface area contributed by atoms with Crippen LogP contribution in [0.5, 0.6) is 0 Å². The monoisotopic (exact) mass is 796 g/mol. The number of rotatable bonds is 23. The summed E-state index contributed by atoms with van der Waals surface area (Å²) < 4.78 is 68.8. The number of aromatic amines is 1. The van der Waals surface area contributed by atoms with Crippen LogP contribution in [-0.4, -0.2) is 106 Å². The van der Waals surface area contributed by atoms with E-state index in [0.29, 0.717) is 68.4 Å². The zero-order valence-corrected chi connectivity index (χ0v) is 31.7. The molecule has 0 saturated carbocycles. The molecule has 2 heterocycles. The summed E-state index contributed by atoms with van der Waals surface area (Å²) in [5.74, 6) is -1.38. The van der Waals surface area contributed by atoms with E-state index in [0.717, 1.165) is 11.9 Å². The quantitative estimate of drug-likeness (QED) is 0.0524. The number of amides is 1. The summed E-state index contributed by atoms with van der Waals surface area (Å²) in [6.45, 7) is 4.80. The molecule has 0 saturated heterocycles. The third-order valence-electron chi connectivity index (χ3n) is 8.30. The number of sulfonamides is 2. The lowest BCUT2D eigenvalue weighted by atomic mass is 10.1. The molecule has 3 aromatic carbocycles. The number of hydrogen-bond acceptors (Lipinski definition) is 11. The van der Waals surface area contributed by atoms with E-state index in [4.69, 9.17) is 9.47 Å². The second-order valence-electron chi connectivity index (χ2n) is 12.2. The number of benzene rings is 3. The number of nitrogens with zero attached hydrogens (tertiary/aromatic N) is 3. The second kappa shape index (κ2) is 19.4. The van der Waals surface area contributed by atoms with Gasteiger partial charge in [-0.1, -0.05) is 24.3 Å². The van der Waals surface area contributed by atoms with E-state index in [9.17, 15) is 31.5 Å². The van der Waals surface area contributed by atoms with Crippen LogP contribution < -0.4 is 20.1 Å². The number of ether oxygens (including phenoxy) is 2. The van der Waals surface area contributed by atoms with Crippen molar-refractivity contribution in [3.63, 3.8) is 0 Å². The number of carboxylic acid groups (broad SMARTS) is 1. The molecule has 0 unspecified atom stereocenters. The lowest BCUT2D eigenvalue weighted by Crippen LogP contribution is -2.48. The van der Waals surface area contributed by atoms with Crippen LogP contribution in [0.2, 0.25) is 0 Å². The summed E-state index contributed by atoms with van der Waals surface area (Å²) in [4.78, 5) is 32.0. The van der Waals surface area contributed by atoms with Gasteiger partial charge >= 0.3 is 5.97 Å². The van der Waals surface area contributed by atoms with Gasteiger partial charge in [0, 0.05) is 62.7 Å². The molecule has 0 fully saturated rings. The summed E-state index contributed by atoms with van der Waals surface area (Å²) in [6.07, 6.45) is 6.28. The van der Waals surface area contributed by atoms with Crippen LogP contribution in [0.1, 0.15) is 30.1 Å². The van der Waals surface area contributed by atoms with Crippen molar-refractivity contribution in [2.45, 2.75) is 42.1 Å². The summed E-state index contributed by atoms with van der Waals surface area (Å²) >= 11 is 0. The maximum absolute atomic E-state index is 13.2. The SMILES string of the molecule is CCOCCOCCCNS(=O)(=O)c1ccc(-c2ccc(S(=O)(=O)N[C@@H](CNC(=O)c3ccc4c(cnn4CCCNc4ncc[nH]4)c3)C(=O)O)cc2)cc1. The smallest absolute Gasteiger partial charge is 0.323 e. The van der Waals surface area contributed by atoms with E-state index in [1.807, 2.05) is 11.6 Å². The first-order chi connectivity index (χ1) is 26.5. The Kier molecular flexibility index (Phi) is 14.5. The van der Waals surface area contributed by atoms with Crippen LogP contribution in [0.25, 0.3) is 22.0 Å². The molecule has 0 spiro atoms. The topological polar surface area (TPSA) is 236 Å². The van der Waals surface area contributed by atoms with Crippen LogP contribution in [0.4, 0.5) is 5.95 Å². The number of imidazole rings is 1. The molecule has 5 aromatic rings. The van der Waals surface area contributed by atoms with E-state index in [1.165, 1.54) is 36.4 Å². The lowest BCUT2D eigenvalue weighted by Gasteiger charge is -2.16. The van der Waals surface area contributed by atoms with Crippen molar-refractivity contribution in [2.24, 2.45) is 0 Å². The Morgan fingerprint density at radius 3 is 2.22 bits per heavy atom. The van der Waals surface area contributed by atoms with Gasteiger partial charge < -0.3 is 30.2 Å². The van der Waals surface area contributed by atoms with Gasteiger partial charge in [0.05, 0.1) is 34.7 Å². The number of hydrogen-bond donors (Lipinski definition) is 6. The number of carboxylic acids is 1. The molecule has 17 nitrogen and oxygen atoms in total. The Labute approximate surface area is 318 Å². The minimum atomic E-state index is -4.32. The first-order valence-corrected chi connectivity index (χ1v) is 20.5. The van der Waals surface area contributed by atoms with E-state index in [1.54, 1.807) is 48.9 Å². The van der Waals surface area contributed by atoms with E-state index >= 15 is 0 Å². The largest absolute Gasteiger partial charge is 0.480 e. The molecule has 0 aliphatic heterocycles. The molecule has 0 aliphatic carbocycles. The third kappa shape index (κ3) is 11.7. The average Bonchev–Trinajstić information content (AvgIpc) is 3.86. The number of aromatic nitrogens is 4. The van der Waals surface area contributed by atoms with Gasteiger partial charge in [-0.3, -0.25) is 14.3 Å². The predicted octanol–water partition coefficient (Wildman–Crippen LogP) is 2.81. The number of aliphatic carboxylic acids is 1. The van der Waals surface area contributed by atoms with Gasteiger partial charge in [-0.15, -0.1) is 0 Å². The Bertz CT molecular complexity index is 2230. The first-order valence-electron chi connectivity index (χ1n) is 17.5. The summed E-state index contributed by atoms with van der Waals surface area (Å²) in [6, 6.07) is 15.1. The van der Waals surface area contributed by atoms with Crippen molar-refractivity contribution in [2.75, 3.05) is 51.4 Å². The number of anilines is 1. The maximum atomic E-state index is 13.2. The van der Waals surface area contributed by atoms with Crippen LogP contribution in [0.3, 0.4) is 0 Å². The number of carbonyl (C=O) groups excluding carboxylic acids is 1. The fourth-order valence-corrected chi connectivity index (χ4v) is 7.68. The van der Waals surface area contributed by atoms with E-state index < -0.39 is 44.5 Å². The molecule has 55 heavy (non-hydrogen) atoms. The van der Waals surface area contributed by atoms with Gasteiger partial charge in [-0.25, -0.2) is 26.5 Å². The van der Waals surface area contributed by atoms with Gasteiger partial charge in [0.1, 0.15) is 6.04 Å². The van der Waals surface area contributed by atoms with Crippen LogP contribution in [0.15, 0.2) is 95.1 Å². The summed E-state index contributed by atoms with van der Waals surface area (Å²) in [5.41, 5.74) is 2.31. The Morgan fingerprint density at radius 1 is 0.873 bits per heavy atom. The van der Waals surface area contributed by atoms with Crippen molar-refractivity contribution in [3.05, 3.63) is 90.9 Å². The minimum Gasteiger partial charge on any atom is -0.480 e. The molecule has 1 atom stereocenters. The Hall–Kier alpha value is -5.18. The molecule has 6 N–H and O–H groups in total. The van der Waals surface area contributed by atoms with Crippen molar-refractivity contribution in [1.82, 2.24) is 34.5 Å².